The average Bonchev–Trinajstić information content (AvgIpc) is 2.44. The zero-order valence-electron chi connectivity index (χ0n) is 12.0. The summed E-state index contributed by atoms with van der Waals surface area (Å²) < 4.78 is 43.7. The highest BCUT2D eigenvalue weighted by molar-refractivity contribution is 5.56. The highest BCUT2D eigenvalue weighted by Crippen LogP contribution is 2.38. The molecule has 21 heavy (non-hydrogen) atoms. The van der Waals surface area contributed by atoms with Crippen LogP contribution in [0.5, 0.6) is 5.75 Å². The summed E-state index contributed by atoms with van der Waals surface area (Å²) in [5, 5.41) is 0. The lowest BCUT2D eigenvalue weighted by molar-refractivity contribution is -0.138. The van der Waals surface area contributed by atoms with Crippen LogP contribution in [0.2, 0.25) is 0 Å². The maximum atomic E-state index is 12.7. The molecule has 1 saturated heterocycles. The molecule has 116 valence electrons. The van der Waals surface area contributed by atoms with E-state index in [1.165, 1.54) is 0 Å². The van der Waals surface area contributed by atoms with Crippen molar-refractivity contribution >= 4 is 5.82 Å². The maximum Gasteiger partial charge on any atom is 0.418 e. The fraction of sp³-hybridized carbons (Fsp3) is 0.643. The first-order valence-electron chi connectivity index (χ1n) is 7.07. The van der Waals surface area contributed by atoms with Crippen LogP contribution in [0.15, 0.2) is 12.3 Å². The summed E-state index contributed by atoms with van der Waals surface area (Å²) >= 11 is 0. The van der Waals surface area contributed by atoms with Crippen molar-refractivity contribution in [1.82, 2.24) is 9.88 Å². The second kappa shape index (κ2) is 5.05. The van der Waals surface area contributed by atoms with Crippen LogP contribution in [0.4, 0.5) is 19.0 Å². The number of nitrogens with zero attached hydrogens (tertiary/aromatic N) is 3. The molecule has 2 aliphatic rings. The number of aromatic nitrogens is 1. The summed E-state index contributed by atoms with van der Waals surface area (Å²) in [6.45, 7) is 7.18. The van der Waals surface area contributed by atoms with Crippen LogP contribution >= 0.6 is 0 Å². The number of halogens is 3. The lowest BCUT2D eigenvalue weighted by atomic mass is 10.1. The molecule has 0 saturated carbocycles. The molecule has 0 aliphatic carbocycles. The van der Waals surface area contributed by atoms with Gasteiger partial charge in [-0.05, 0) is 19.9 Å². The molecule has 3 heterocycles. The molecule has 1 atom stereocenters. The Labute approximate surface area is 121 Å². The van der Waals surface area contributed by atoms with E-state index in [-0.39, 0.29) is 11.8 Å². The molecule has 3 rings (SSSR count). The van der Waals surface area contributed by atoms with Gasteiger partial charge < -0.3 is 9.64 Å². The van der Waals surface area contributed by atoms with Crippen molar-refractivity contribution < 1.29 is 17.9 Å². The van der Waals surface area contributed by atoms with Crippen LogP contribution in [-0.2, 0) is 6.18 Å². The summed E-state index contributed by atoms with van der Waals surface area (Å²) in [5.41, 5.74) is -0.763. The SMILES string of the molecule is CC(C)N1CCN2c3ncc(C(F)(F)F)cc3OCC2C1. The third-order valence-corrected chi connectivity index (χ3v) is 4.11. The van der Waals surface area contributed by atoms with Gasteiger partial charge in [0.1, 0.15) is 6.61 Å². The third-order valence-electron chi connectivity index (χ3n) is 4.11. The van der Waals surface area contributed by atoms with Gasteiger partial charge in [-0.3, -0.25) is 4.90 Å². The van der Waals surface area contributed by atoms with Gasteiger partial charge in [-0.25, -0.2) is 4.98 Å². The summed E-state index contributed by atoms with van der Waals surface area (Å²) in [7, 11) is 0. The Kier molecular flexibility index (Phi) is 3.47. The monoisotopic (exact) mass is 301 g/mol. The van der Waals surface area contributed by atoms with Crippen LogP contribution in [0, 0.1) is 0 Å². The second-order valence-electron chi connectivity index (χ2n) is 5.79. The van der Waals surface area contributed by atoms with Gasteiger partial charge in [-0.15, -0.1) is 0 Å². The van der Waals surface area contributed by atoms with Gasteiger partial charge in [0, 0.05) is 31.9 Å². The van der Waals surface area contributed by atoms with Crippen LogP contribution in [-0.4, -0.2) is 48.2 Å². The minimum absolute atomic E-state index is 0.151. The number of anilines is 1. The second-order valence-corrected chi connectivity index (χ2v) is 5.79. The number of pyridine rings is 1. The molecular weight excluding hydrogens is 283 g/mol. The molecule has 0 radical (unpaired) electrons. The van der Waals surface area contributed by atoms with Crippen LogP contribution in [0.1, 0.15) is 19.4 Å². The highest BCUT2D eigenvalue weighted by atomic mass is 19.4. The molecular formula is C14H18F3N3O. The lowest BCUT2D eigenvalue weighted by Crippen LogP contribution is -2.58. The Bertz CT molecular complexity index is 533. The van der Waals surface area contributed by atoms with E-state index in [2.05, 4.69) is 28.6 Å². The predicted octanol–water partition coefficient (Wildman–Crippen LogP) is 2.39. The fourth-order valence-electron chi connectivity index (χ4n) is 2.87. The van der Waals surface area contributed by atoms with Gasteiger partial charge in [0.2, 0.25) is 0 Å². The Morgan fingerprint density at radius 2 is 2.10 bits per heavy atom. The minimum Gasteiger partial charge on any atom is -0.487 e. The molecule has 0 amide bonds. The third kappa shape index (κ3) is 2.66. The van der Waals surface area contributed by atoms with E-state index < -0.39 is 11.7 Å². The number of fused-ring (bicyclic) bond motifs is 3. The van der Waals surface area contributed by atoms with Crippen LogP contribution < -0.4 is 9.64 Å². The summed E-state index contributed by atoms with van der Waals surface area (Å²) in [6, 6.07) is 1.65. The van der Waals surface area contributed by atoms with Gasteiger partial charge in [-0.1, -0.05) is 0 Å². The van der Waals surface area contributed by atoms with Crippen LogP contribution in [0.3, 0.4) is 0 Å². The van der Waals surface area contributed by atoms with E-state index in [0.29, 0.717) is 18.5 Å². The predicted molar refractivity (Wildman–Crippen MR) is 72.6 cm³/mol. The Morgan fingerprint density at radius 1 is 1.33 bits per heavy atom. The minimum atomic E-state index is -4.39. The van der Waals surface area contributed by atoms with E-state index in [1.807, 2.05) is 0 Å². The topological polar surface area (TPSA) is 28.6 Å². The maximum absolute atomic E-state index is 12.7. The first kappa shape index (κ1) is 14.4. The molecule has 1 aromatic rings. The molecule has 0 spiro atoms. The quantitative estimate of drug-likeness (QED) is 0.796. The van der Waals surface area contributed by atoms with Crippen molar-refractivity contribution in [2.45, 2.75) is 32.1 Å². The number of ether oxygens (including phenoxy) is 1. The summed E-state index contributed by atoms with van der Waals surface area (Å²) in [4.78, 5) is 8.42. The summed E-state index contributed by atoms with van der Waals surface area (Å²) in [5.74, 6) is 0.765. The molecule has 1 unspecified atom stereocenters. The summed E-state index contributed by atoms with van der Waals surface area (Å²) in [6.07, 6.45) is -3.50. The number of hydrogen-bond acceptors (Lipinski definition) is 4. The molecule has 4 nitrogen and oxygen atoms in total. The van der Waals surface area contributed by atoms with Gasteiger partial charge in [0.25, 0.3) is 0 Å². The van der Waals surface area contributed by atoms with Crippen molar-refractivity contribution in [3.63, 3.8) is 0 Å². The fourth-order valence-corrected chi connectivity index (χ4v) is 2.87. The largest absolute Gasteiger partial charge is 0.487 e. The van der Waals surface area contributed by atoms with Crippen molar-refractivity contribution in [1.29, 1.82) is 0 Å². The van der Waals surface area contributed by atoms with Gasteiger partial charge in [-0.2, -0.15) is 13.2 Å². The van der Waals surface area contributed by atoms with E-state index >= 15 is 0 Å². The van der Waals surface area contributed by atoms with Gasteiger partial charge in [0.05, 0.1) is 11.6 Å². The van der Waals surface area contributed by atoms with Crippen molar-refractivity contribution in [2.75, 3.05) is 31.1 Å². The Hall–Kier alpha value is -1.50. The normalized spacial score (nSPS) is 22.8. The van der Waals surface area contributed by atoms with Crippen molar-refractivity contribution in [3.8, 4) is 5.75 Å². The average molecular weight is 301 g/mol. The lowest BCUT2D eigenvalue weighted by Gasteiger charge is -2.46. The number of piperazine rings is 1. The first-order valence-corrected chi connectivity index (χ1v) is 7.07. The van der Waals surface area contributed by atoms with E-state index in [0.717, 1.165) is 31.9 Å². The molecule has 0 aromatic carbocycles. The van der Waals surface area contributed by atoms with Crippen molar-refractivity contribution in [2.24, 2.45) is 0 Å². The Balaban J connectivity index is 1.85. The smallest absolute Gasteiger partial charge is 0.418 e. The number of hydrogen-bond donors (Lipinski definition) is 0. The Morgan fingerprint density at radius 3 is 2.76 bits per heavy atom. The van der Waals surface area contributed by atoms with Gasteiger partial charge in [0.15, 0.2) is 11.6 Å². The van der Waals surface area contributed by atoms with Crippen LogP contribution in [0.25, 0.3) is 0 Å². The zero-order valence-corrected chi connectivity index (χ0v) is 12.0. The number of rotatable bonds is 1. The van der Waals surface area contributed by atoms with Crippen molar-refractivity contribution in [3.05, 3.63) is 17.8 Å². The van der Waals surface area contributed by atoms with E-state index in [1.54, 1.807) is 0 Å². The van der Waals surface area contributed by atoms with Gasteiger partial charge >= 0.3 is 6.18 Å². The molecule has 0 N–H and O–H groups in total. The van der Waals surface area contributed by atoms with E-state index in [4.69, 9.17) is 4.74 Å². The first-order chi connectivity index (χ1) is 9.86. The number of alkyl halides is 3. The zero-order chi connectivity index (χ0) is 15.2. The molecule has 7 heteroatoms. The molecule has 2 aliphatic heterocycles. The molecule has 1 aromatic heterocycles. The standard InChI is InChI=1S/C14H18F3N3O/c1-9(2)19-3-4-20-11(7-19)8-21-12-5-10(14(15,16)17)6-18-13(12)20/h5-6,9,11H,3-4,7-8H2,1-2H3. The highest BCUT2D eigenvalue weighted by Gasteiger charge is 2.37. The molecule has 1 fully saturated rings. The molecule has 0 bridgehead atoms. The van der Waals surface area contributed by atoms with E-state index in [9.17, 15) is 13.2 Å².